The van der Waals surface area contributed by atoms with Crippen molar-refractivity contribution in [1.29, 1.82) is 0 Å². The molecule has 1 saturated carbocycles. The summed E-state index contributed by atoms with van der Waals surface area (Å²) in [5.41, 5.74) is 5.90. The Labute approximate surface area is 113 Å². The Bertz CT molecular complexity index is 461. The van der Waals surface area contributed by atoms with E-state index in [1.165, 1.54) is 43.9 Å². The van der Waals surface area contributed by atoms with Gasteiger partial charge in [-0.3, -0.25) is 4.79 Å². The molecule has 0 saturated heterocycles. The highest BCUT2D eigenvalue weighted by Gasteiger charge is 2.19. The summed E-state index contributed by atoms with van der Waals surface area (Å²) in [6.45, 7) is 3.02. The van der Waals surface area contributed by atoms with Crippen molar-refractivity contribution in [2.24, 2.45) is 17.6 Å². The molecule has 1 aromatic rings. The quantitative estimate of drug-likeness (QED) is 0.877. The molecule has 0 aromatic heterocycles. The van der Waals surface area contributed by atoms with E-state index in [0.717, 1.165) is 12.5 Å². The van der Waals surface area contributed by atoms with Gasteiger partial charge in [-0.1, -0.05) is 19.8 Å². The maximum atomic E-state index is 13.6. The van der Waals surface area contributed by atoms with Gasteiger partial charge in [0.05, 0.1) is 5.69 Å². The predicted molar refractivity (Wildman–Crippen MR) is 74.5 cm³/mol. The molecule has 1 amide bonds. The number of carbonyl (C=O) groups excluding carboxylic acids is 1. The SMILES string of the molecule is CC1CCCC(CNc2cc(C(N)=O)ccc2F)C1. The van der Waals surface area contributed by atoms with Crippen LogP contribution in [-0.4, -0.2) is 12.5 Å². The van der Waals surface area contributed by atoms with Crippen LogP contribution in [0, 0.1) is 17.7 Å². The lowest BCUT2D eigenvalue weighted by Gasteiger charge is -2.27. The molecule has 0 radical (unpaired) electrons. The Morgan fingerprint density at radius 3 is 2.95 bits per heavy atom. The van der Waals surface area contributed by atoms with Gasteiger partial charge in [0.25, 0.3) is 0 Å². The predicted octanol–water partition coefficient (Wildman–Crippen LogP) is 3.16. The fraction of sp³-hybridized carbons (Fsp3) is 0.533. The van der Waals surface area contributed by atoms with Crippen molar-refractivity contribution < 1.29 is 9.18 Å². The minimum atomic E-state index is -0.533. The van der Waals surface area contributed by atoms with Crippen LogP contribution < -0.4 is 11.1 Å². The zero-order valence-electron chi connectivity index (χ0n) is 11.3. The Morgan fingerprint density at radius 1 is 1.47 bits per heavy atom. The second-order valence-corrected chi connectivity index (χ2v) is 5.58. The Kier molecular flexibility index (Phi) is 4.40. The molecule has 3 nitrogen and oxygen atoms in total. The second-order valence-electron chi connectivity index (χ2n) is 5.58. The van der Waals surface area contributed by atoms with Crippen LogP contribution in [0.5, 0.6) is 0 Å². The molecular formula is C15H21FN2O. The van der Waals surface area contributed by atoms with Crippen molar-refractivity contribution in [1.82, 2.24) is 0 Å². The van der Waals surface area contributed by atoms with Gasteiger partial charge in [0.15, 0.2) is 0 Å². The number of anilines is 1. The lowest BCUT2D eigenvalue weighted by molar-refractivity contribution is 0.100. The summed E-state index contributed by atoms with van der Waals surface area (Å²) in [6, 6.07) is 4.18. The first-order valence-corrected chi connectivity index (χ1v) is 6.89. The van der Waals surface area contributed by atoms with Gasteiger partial charge in [-0.2, -0.15) is 0 Å². The Hall–Kier alpha value is -1.58. The van der Waals surface area contributed by atoms with Crippen LogP contribution in [0.1, 0.15) is 43.0 Å². The number of carbonyl (C=O) groups is 1. The van der Waals surface area contributed by atoms with Crippen molar-refractivity contribution in [2.45, 2.75) is 32.6 Å². The molecule has 1 aliphatic carbocycles. The second kappa shape index (κ2) is 6.04. The van der Waals surface area contributed by atoms with E-state index >= 15 is 0 Å². The number of hydrogen-bond acceptors (Lipinski definition) is 2. The van der Waals surface area contributed by atoms with E-state index < -0.39 is 5.91 Å². The third-order valence-electron chi connectivity index (χ3n) is 3.88. The van der Waals surface area contributed by atoms with Gasteiger partial charge in [-0.05, 0) is 42.9 Å². The highest BCUT2D eigenvalue weighted by Crippen LogP contribution is 2.29. The summed E-state index contributed by atoms with van der Waals surface area (Å²) in [7, 11) is 0. The highest BCUT2D eigenvalue weighted by molar-refractivity contribution is 5.93. The number of benzene rings is 1. The molecule has 4 heteroatoms. The lowest BCUT2D eigenvalue weighted by atomic mass is 9.82. The maximum Gasteiger partial charge on any atom is 0.248 e. The minimum absolute atomic E-state index is 0.334. The number of primary amides is 1. The van der Waals surface area contributed by atoms with Crippen LogP contribution >= 0.6 is 0 Å². The van der Waals surface area contributed by atoms with E-state index in [9.17, 15) is 9.18 Å². The van der Waals surface area contributed by atoms with Gasteiger partial charge >= 0.3 is 0 Å². The fourth-order valence-electron chi connectivity index (χ4n) is 2.81. The summed E-state index contributed by atoms with van der Waals surface area (Å²) in [6.07, 6.45) is 4.91. The fourth-order valence-corrected chi connectivity index (χ4v) is 2.81. The third kappa shape index (κ3) is 3.69. The molecule has 2 atom stereocenters. The zero-order valence-corrected chi connectivity index (χ0v) is 11.3. The maximum absolute atomic E-state index is 13.6. The zero-order chi connectivity index (χ0) is 13.8. The monoisotopic (exact) mass is 264 g/mol. The smallest absolute Gasteiger partial charge is 0.248 e. The first kappa shape index (κ1) is 13.8. The largest absolute Gasteiger partial charge is 0.382 e. The molecule has 0 bridgehead atoms. The minimum Gasteiger partial charge on any atom is -0.382 e. The van der Waals surface area contributed by atoms with E-state index in [0.29, 0.717) is 17.2 Å². The van der Waals surface area contributed by atoms with Crippen molar-refractivity contribution in [3.05, 3.63) is 29.6 Å². The molecule has 1 aliphatic rings. The molecular weight excluding hydrogens is 243 g/mol. The van der Waals surface area contributed by atoms with E-state index in [1.807, 2.05) is 0 Å². The van der Waals surface area contributed by atoms with Gasteiger partial charge in [0.1, 0.15) is 5.82 Å². The molecule has 1 aromatic carbocycles. The van der Waals surface area contributed by atoms with Crippen molar-refractivity contribution in [3.63, 3.8) is 0 Å². The van der Waals surface area contributed by atoms with Gasteiger partial charge in [-0.25, -0.2) is 4.39 Å². The molecule has 1 fully saturated rings. The van der Waals surface area contributed by atoms with Gasteiger partial charge in [0, 0.05) is 12.1 Å². The molecule has 2 unspecified atom stereocenters. The number of halogens is 1. The summed E-state index contributed by atoms with van der Waals surface area (Å²) >= 11 is 0. The van der Waals surface area contributed by atoms with Gasteiger partial charge in [-0.15, -0.1) is 0 Å². The topological polar surface area (TPSA) is 55.1 Å². The molecule has 3 N–H and O–H groups in total. The first-order valence-electron chi connectivity index (χ1n) is 6.89. The third-order valence-corrected chi connectivity index (χ3v) is 3.88. The molecule has 104 valence electrons. The molecule has 0 aliphatic heterocycles. The van der Waals surface area contributed by atoms with E-state index in [-0.39, 0.29) is 5.82 Å². The number of nitrogens with one attached hydrogen (secondary N) is 1. The molecule has 0 spiro atoms. The summed E-state index contributed by atoms with van der Waals surface area (Å²) in [4.78, 5) is 11.1. The lowest BCUT2D eigenvalue weighted by Crippen LogP contribution is -2.21. The molecule has 2 rings (SSSR count). The van der Waals surface area contributed by atoms with Crippen LogP contribution in [0.4, 0.5) is 10.1 Å². The normalized spacial score (nSPS) is 23.1. The van der Waals surface area contributed by atoms with Crippen molar-refractivity contribution >= 4 is 11.6 Å². The van der Waals surface area contributed by atoms with Crippen LogP contribution in [-0.2, 0) is 0 Å². The summed E-state index contributed by atoms with van der Waals surface area (Å²) < 4.78 is 13.6. The summed E-state index contributed by atoms with van der Waals surface area (Å²) in [5.74, 6) is 0.464. The van der Waals surface area contributed by atoms with Crippen LogP contribution in [0.15, 0.2) is 18.2 Å². The van der Waals surface area contributed by atoms with E-state index in [1.54, 1.807) is 0 Å². The Morgan fingerprint density at radius 2 is 2.26 bits per heavy atom. The molecule has 19 heavy (non-hydrogen) atoms. The van der Waals surface area contributed by atoms with Gasteiger partial charge < -0.3 is 11.1 Å². The van der Waals surface area contributed by atoms with Crippen LogP contribution in [0.2, 0.25) is 0 Å². The average Bonchev–Trinajstić information content (AvgIpc) is 2.37. The van der Waals surface area contributed by atoms with E-state index in [2.05, 4.69) is 12.2 Å². The van der Waals surface area contributed by atoms with Crippen LogP contribution in [0.3, 0.4) is 0 Å². The standard InChI is InChI=1S/C15H21FN2O/c1-10-3-2-4-11(7-10)9-18-14-8-12(15(17)19)5-6-13(14)16/h5-6,8,10-11,18H,2-4,7,9H2,1H3,(H2,17,19). The van der Waals surface area contributed by atoms with Gasteiger partial charge in [0.2, 0.25) is 5.91 Å². The van der Waals surface area contributed by atoms with Crippen molar-refractivity contribution in [2.75, 3.05) is 11.9 Å². The highest BCUT2D eigenvalue weighted by atomic mass is 19.1. The van der Waals surface area contributed by atoms with E-state index in [4.69, 9.17) is 5.73 Å². The first-order chi connectivity index (χ1) is 9.06. The van der Waals surface area contributed by atoms with Crippen molar-refractivity contribution in [3.8, 4) is 0 Å². The number of amides is 1. The van der Waals surface area contributed by atoms with Crippen LogP contribution in [0.25, 0.3) is 0 Å². The number of nitrogens with two attached hydrogens (primary N) is 1. The average molecular weight is 264 g/mol. The number of rotatable bonds is 4. The summed E-state index contributed by atoms with van der Waals surface area (Å²) in [5, 5.41) is 3.12. The number of hydrogen-bond donors (Lipinski definition) is 2. The Balaban J connectivity index is 1.98. The molecule has 0 heterocycles.